The Morgan fingerprint density at radius 1 is 1.14 bits per heavy atom. The van der Waals surface area contributed by atoms with Crippen LogP contribution in [-0.4, -0.2) is 50.7 Å². The van der Waals surface area contributed by atoms with E-state index in [9.17, 15) is 4.79 Å². The zero-order chi connectivity index (χ0) is 19.9. The number of fused-ring (bicyclic) bond motifs is 1. The maximum atomic E-state index is 12.7. The SMILES string of the molecule is CCSc1ccc(C(=O)Nc2nc3ccccc3n2CCN(CC)CC)cn1. The second-order valence-corrected chi connectivity index (χ2v) is 7.66. The Morgan fingerprint density at radius 3 is 2.61 bits per heavy atom. The summed E-state index contributed by atoms with van der Waals surface area (Å²) in [5.74, 6) is 1.33. The highest BCUT2D eigenvalue weighted by Crippen LogP contribution is 2.21. The molecule has 6 nitrogen and oxygen atoms in total. The van der Waals surface area contributed by atoms with Gasteiger partial charge in [-0.05, 0) is 43.1 Å². The van der Waals surface area contributed by atoms with Crippen LogP contribution < -0.4 is 5.32 Å². The molecule has 1 N–H and O–H groups in total. The summed E-state index contributed by atoms with van der Waals surface area (Å²) in [5, 5.41) is 3.90. The van der Waals surface area contributed by atoms with Crippen LogP contribution in [0.2, 0.25) is 0 Å². The Morgan fingerprint density at radius 2 is 1.93 bits per heavy atom. The molecule has 148 valence electrons. The number of pyridine rings is 1. The standard InChI is InChI=1S/C21H27N5OS/c1-4-25(5-2)13-14-26-18-10-8-7-9-17(18)23-21(26)24-20(27)16-11-12-19(22-15-16)28-6-3/h7-12,15H,4-6,13-14H2,1-3H3,(H,23,24,27). The lowest BCUT2D eigenvalue weighted by molar-refractivity contribution is 0.102. The van der Waals surface area contributed by atoms with Crippen LogP contribution >= 0.6 is 11.8 Å². The molecule has 2 heterocycles. The van der Waals surface area contributed by atoms with E-state index in [1.807, 2.05) is 36.4 Å². The van der Waals surface area contributed by atoms with Crippen LogP contribution in [-0.2, 0) is 6.54 Å². The van der Waals surface area contributed by atoms with Gasteiger partial charge in [-0.3, -0.25) is 10.1 Å². The van der Waals surface area contributed by atoms with Crippen LogP contribution in [0.15, 0.2) is 47.6 Å². The summed E-state index contributed by atoms with van der Waals surface area (Å²) in [6, 6.07) is 11.7. The summed E-state index contributed by atoms with van der Waals surface area (Å²) in [6.45, 7) is 10.1. The number of benzene rings is 1. The lowest BCUT2D eigenvalue weighted by Gasteiger charge is -2.19. The van der Waals surface area contributed by atoms with E-state index in [0.29, 0.717) is 11.5 Å². The summed E-state index contributed by atoms with van der Waals surface area (Å²) in [7, 11) is 0. The van der Waals surface area contributed by atoms with Crippen molar-refractivity contribution in [3.63, 3.8) is 0 Å². The highest BCUT2D eigenvalue weighted by atomic mass is 32.2. The van der Waals surface area contributed by atoms with Crippen molar-refractivity contribution >= 4 is 34.7 Å². The first-order chi connectivity index (χ1) is 13.7. The second kappa shape index (κ2) is 9.71. The molecule has 28 heavy (non-hydrogen) atoms. The van der Waals surface area contributed by atoms with E-state index in [1.54, 1.807) is 18.0 Å². The molecule has 1 amide bonds. The molecule has 0 spiro atoms. The molecule has 0 unspecified atom stereocenters. The zero-order valence-corrected chi connectivity index (χ0v) is 17.5. The van der Waals surface area contributed by atoms with Gasteiger partial charge < -0.3 is 9.47 Å². The summed E-state index contributed by atoms with van der Waals surface area (Å²) in [6.07, 6.45) is 1.62. The molecule has 2 aromatic heterocycles. The van der Waals surface area contributed by atoms with Crippen molar-refractivity contribution < 1.29 is 4.79 Å². The van der Waals surface area contributed by atoms with Gasteiger partial charge in [-0.1, -0.05) is 32.9 Å². The Bertz CT molecular complexity index is 918. The number of aromatic nitrogens is 3. The summed E-state index contributed by atoms with van der Waals surface area (Å²) in [4.78, 5) is 24.1. The highest BCUT2D eigenvalue weighted by molar-refractivity contribution is 7.99. The fraction of sp³-hybridized carbons (Fsp3) is 0.381. The summed E-state index contributed by atoms with van der Waals surface area (Å²) < 4.78 is 2.08. The van der Waals surface area contributed by atoms with E-state index in [4.69, 9.17) is 0 Å². The van der Waals surface area contributed by atoms with Crippen molar-refractivity contribution in [2.45, 2.75) is 32.3 Å². The molecular weight excluding hydrogens is 370 g/mol. The summed E-state index contributed by atoms with van der Waals surface area (Å²) >= 11 is 1.65. The summed E-state index contributed by atoms with van der Waals surface area (Å²) in [5.41, 5.74) is 2.44. The number of nitrogens with zero attached hydrogens (tertiary/aromatic N) is 4. The van der Waals surface area contributed by atoms with Crippen LogP contribution in [0.3, 0.4) is 0 Å². The van der Waals surface area contributed by atoms with Gasteiger partial charge in [-0.25, -0.2) is 9.97 Å². The van der Waals surface area contributed by atoms with Gasteiger partial charge in [0.15, 0.2) is 0 Å². The smallest absolute Gasteiger partial charge is 0.259 e. The molecule has 3 rings (SSSR count). The third-order valence-electron chi connectivity index (χ3n) is 4.70. The minimum absolute atomic E-state index is 0.194. The van der Waals surface area contributed by atoms with E-state index in [0.717, 1.165) is 48.0 Å². The van der Waals surface area contributed by atoms with Gasteiger partial charge in [0.25, 0.3) is 5.91 Å². The first-order valence-electron chi connectivity index (χ1n) is 9.74. The average molecular weight is 398 g/mol. The van der Waals surface area contributed by atoms with Crippen LogP contribution in [0.4, 0.5) is 5.95 Å². The number of likely N-dealkylation sites (N-methyl/N-ethyl adjacent to an activating group) is 1. The molecule has 0 radical (unpaired) electrons. The largest absolute Gasteiger partial charge is 0.309 e. The van der Waals surface area contributed by atoms with Gasteiger partial charge >= 0.3 is 0 Å². The van der Waals surface area contributed by atoms with Crippen molar-refractivity contribution in [1.29, 1.82) is 0 Å². The quantitative estimate of drug-likeness (QED) is 0.550. The first-order valence-corrected chi connectivity index (χ1v) is 10.7. The number of hydrogen-bond acceptors (Lipinski definition) is 5. The van der Waals surface area contributed by atoms with Gasteiger partial charge in [0.1, 0.15) is 0 Å². The average Bonchev–Trinajstić information content (AvgIpc) is 3.06. The number of rotatable bonds is 9. The van der Waals surface area contributed by atoms with Crippen LogP contribution in [0.25, 0.3) is 11.0 Å². The molecule has 0 saturated carbocycles. The number of thioether (sulfide) groups is 1. The third kappa shape index (κ3) is 4.72. The van der Waals surface area contributed by atoms with Gasteiger partial charge in [-0.15, -0.1) is 11.8 Å². The molecule has 7 heteroatoms. The lowest BCUT2D eigenvalue weighted by atomic mass is 10.3. The molecule has 0 bridgehead atoms. The molecule has 0 fully saturated rings. The molecule has 3 aromatic rings. The molecule has 0 aliphatic carbocycles. The van der Waals surface area contributed by atoms with Gasteiger partial charge in [0.2, 0.25) is 5.95 Å². The number of para-hydroxylation sites is 2. The first kappa shape index (κ1) is 20.4. The van der Waals surface area contributed by atoms with Gasteiger partial charge in [0.05, 0.1) is 21.6 Å². The van der Waals surface area contributed by atoms with Crippen LogP contribution in [0, 0.1) is 0 Å². The van der Waals surface area contributed by atoms with Crippen LogP contribution in [0.5, 0.6) is 0 Å². The third-order valence-corrected chi connectivity index (χ3v) is 5.53. The predicted octanol–water partition coefficient (Wildman–Crippen LogP) is 4.14. The number of carbonyl (C=O) groups excluding carboxylic acids is 1. The van der Waals surface area contributed by atoms with Gasteiger partial charge in [-0.2, -0.15) is 0 Å². The van der Waals surface area contributed by atoms with Crippen molar-refractivity contribution in [1.82, 2.24) is 19.4 Å². The lowest BCUT2D eigenvalue weighted by Crippen LogP contribution is -2.27. The van der Waals surface area contributed by atoms with E-state index in [-0.39, 0.29) is 5.91 Å². The van der Waals surface area contributed by atoms with E-state index in [2.05, 4.69) is 45.5 Å². The van der Waals surface area contributed by atoms with E-state index in [1.165, 1.54) is 0 Å². The molecule has 0 aliphatic heterocycles. The van der Waals surface area contributed by atoms with Crippen molar-refractivity contribution in [2.24, 2.45) is 0 Å². The molecule has 0 atom stereocenters. The Kier molecular flexibility index (Phi) is 7.06. The Hall–Kier alpha value is -2.38. The molecule has 1 aromatic carbocycles. The number of imidazole rings is 1. The fourth-order valence-corrected chi connectivity index (χ4v) is 3.69. The number of anilines is 1. The number of amides is 1. The minimum atomic E-state index is -0.194. The number of hydrogen-bond donors (Lipinski definition) is 1. The van der Waals surface area contributed by atoms with Crippen LogP contribution in [0.1, 0.15) is 31.1 Å². The maximum absolute atomic E-state index is 12.7. The zero-order valence-electron chi connectivity index (χ0n) is 16.7. The highest BCUT2D eigenvalue weighted by Gasteiger charge is 2.15. The van der Waals surface area contributed by atoms with E-state index < -0.39 is 0 Å². The maximum Gasteiger partial charge on any atom is 0.259 e. The van der Waals surface area contributed by atoms with Gasteiger partial charge in [0, 0.05) is 19.3 Å². The second-order valence-electron chi connectivity index (χ2n) is 6.37. The normalized spacial score (nSPS) is 11.3. The van der Waals surface area contributed by atoms with Crippen molar-refractivity contribution in [3.8, 4) is 0 Å². The monoisotopic (exact) mass is 397 g/mol. The molecule has 0 aliphatic rings. The number of carbonyl (C=O) groups is 1. The van der Waals surface area contributed by atoms with Crippen molar-refractivity contribution in [2.75, 3.05) is 30.7 Å². The van der Waals surface area contributed by atoms with E-state index >= 15 is 0 Å². The fourth-order valence-electron chi connectivity index (χ4n) is 3.10. The predicted molar refractivity (Wildman–Crippen MR) is 116 cm³/mol. The Balaban J connectivity index is 1.83. The minimum Gasteiger partial charge on any atom is -0.309 e. The Labute approximate surface area is 170 Å². The molecule has 0 saturated heterocycles. The molecular formula is C21H27N5OS. The van der Waals surface area contributed by atoms with Crippen molar-refractivity contribution in [3.05, 3.63) is 48.2 Å². The number of nitrogens with one attached hydrogen (secondary N) is 1. The topological polar surface area (TPSA) is 63.1 Å².